The van der Waals surface area contributed by atoms with Crippen LogP contribution in [0.25, 0.3) is 0 Å². The number of aliphatic hydroxyl groups excluding tert-OH is 1. The Kier molecular flexibility index (Phi) is 4.33. The Morgan fingerprint density at radius 2 is 2.28 bits per heavy atom. The Balaban J connectivity index is 1.99. The van der Waals surface area contributed by atoms with E-state index in [0.717, 1.165) is 28.4 Å². The molecule has 3 nitrogen and oxygen atoms in total. The van der Waals surface area contributed by atoms with Crippen LogP contribution < -0.4 is 4.74 Å². The topological polar surface area (TPSA) is 42.4 Å². The van der Waals surface area contributed by atoms with Gasteiger partial charge in [-0.3, -0.25) is 0 Å². The number of benzene rings is 1. The highest BCUT2D eigenvalue weighted by molar-refractivity contribution is 7.09. The lowest BCUT2D eigenvalue weighted by atomic mass is 10.1. The van der Waals surface area contributed by atoms with Gasteiger partial charge in [0, 0.05) is 5.38 Å². The van der Waals surface area contributed by atoms with Crippen molar-refractivity contribution in [2.75, 3.05) is 0 Å². The summed E-state index contributed by atoms with van der Waals surface area (Å²) in [5.74, 6) is 0.763. The number of aryl methyl sites for hydroxylation is 1. The predicted octanol–water partition coefficient (Wildman–Crippen LogP) is 3.34. The fraction of sp³-hybridized carbons (Fsp3) is 0.357. The molecule has 4 heteroatoms. The molecule has 0 amide bonds. The van der Waals surface area contributed by atoms with E-state index in [2.05, 4.69) is 11.9 Å². The standard InChI is InChI=1S/C14H17NO2S/c1-3-14-15-12(9-18-14)8-17-13-6-4-5-11(7-13)10(2)16/h4-7,9-10,16H,3,8H2,1-2H3/t10-/m1/s1. The fourth-order valence-electron chi connectivity index (χ4n) is 1.60. The summed E-state index contributed by atoms with van der Waals surface area (Å²) in [5, 5.41) is 12.7. The van der Waals surface area contributed by atoms with E-state index in [4.69, 9.17) is 4.74 Å². The van der Waals surface area contributed by atoms with Crippen molar-refractivity contribution >= 4 is 11.3 Å². The Hall–Kier alpha value is -1.39. The maximum atomic E-state index is 9.50. The molecule has 1 aromatic carbocycles. The van der Waals surface area contributed by atoms with Crippen LogP contribution in [0.15, 0.2) is 29.6 Å². The van der Waals surface area contributed by atoms with E-state index >= 15 is 0 Å². The molecule has 96 valence electrons. The van der Waals surface area contributed by atoms with Crippen LogP contribution in [0, 0.1) is 0 Å². The normalized spacial score (nSPS) is 12.4. The largest absolute Gasteiger partial charge is 0.487 e. The molecular formula is C14H17NO2S. The molecule has 1 heterocycles. The van der Waals surface area contributed by atoms with Crippen LogP contribution >= 0.6 is 11.3 Å². The lowest BCUT2D eigenvalue weighted by Gasteiger charge is -2.08. The molecule has 0 aliphatic heterocycles. The zero-order valence-electron chi connectivity index (χ0n) is 10.6. The second-order valence-electron chi connectivity index (χ2n) is 4.12. The van der Waals surface area contributed by atoms with Gasteiger partial charge in [-0.25, -0.2) is 4.98 Å². The molecule has 2 aromatic rings. The van der Waals surface area contributed by atoms with Gasteiger partial charge in [-0.1, -0.05) is 19.1 Å². The summed E-state index contributed by atoms with van der Waals surface area (Å²) < 4.78 is 5.67. The summed E-state index contributed by atoms with van der Waals surface area (Å²) in [4.78, 5) is 4.45. The minimum Gasteiger partial charge on any atom is -0.487 e. The van der Waals surface area contributed by atoms with E-state index in [1.54, 1.807) is 18.3 Å². The molecule has 0 saturated heterocycles. The smallest absolute Gasteiger partial charge is 0.131 e. The molecule has 0 radical (unpaired) electrons. The van der Waals surface area contributed by atoms with Crippen molar-refractivity contribution < 1.29 is 9.84 Å². The Labute approximate surface area is 111 Å². The molecular weight excluding hydrogens is 246 g/mol. The molecule has 1 N–H and O–H groups in total. The van der Waals surface area contributed by atoms with Crippen LogP contribution in [0.5, 0.6) is 5.75 Å². The molecule has 2 rings (SSSR count). The Bertz CT molecular complexity index is 508. The highest BCUT2D eigenvalue weighted by Crippen LogP contribution is 2.20. The van der Waals surface area contributed by atoms with Crippen molar-refractivity contribution in [3.8, 4) is 5.75 Å². The van der Waals surface area contributed by atoms with Crippen molar-refractivity contribution in [1.82, 2.24) is 4.98 Å². The molecule has 1 atom stereocenters. The zero-order valence-corrected chi connectivity index (χ0v) is 11.4. The molecule has 0 aliphatic rings. The van der Waals surface area contributed by atoms with Gasteiger partial charge >= 0.3 is 0 Å². The lowest BCUT2D eigenvalue weighted by molar-refractivity contribution is 0.198. The highest BCUT2D eigenvalue weighted by Gasteiger charge is 2.04. The molecule has 0 spiro atoms. The van der Waals surface area contributed by atoms with E-state index in [1.807, 2.05) is 29.6 Å². The van der Waals surface area contributed by atoms with Crippen molar-refractivity contribution in [3.63, 3.8) is 0 Å². The third-order valence-corrected chi connectivity index (χ3v) is 3.67. The van der Waals surface area contributed by atoms with Crippen LogP contribution in [-0.4, -0.2) is 10.1 Å². The van der Waals surface area contributed by atoms with Gasteiger partial charge in [-0.15, -0.1) is 11.3 Å². The highest BCUT2D eigenvalue weighted by atomic mass is 32.1. The predicted molar refractivity (Wildman–Crippen MR) is 72.9 cm³/mol. The maximum absolute atomic E-state index is 9.50. The van der Waals surface area contributed by atoms with E-state index < -0.39 is 6.10 Å². The quantitative estimate of drug-likeness (QED) is 0.899. The van der Waals surface area contributed by atoms with Gasteiger partial charge in [-0.05, 0) is 31.0 Å². The second-order valence-corrected chi connectivity index (χ2v) is 5.07. The Morgan fingerprint density at radius 3 is 2.94 bits per heavy atom. The molecule has 18 heavy (non-hydrogen) atoms. The van der Waals surface area contributed by atoms with Crippen molar-refractivity contribution in [2.45, 2.75) is 33.0 Å². The number of rotatable bonds is 5. The summed E-state index contributed by atoms with van der Waals surface area (Å²) in [6, 6.07) is 7.52. The van der Waals surface area contributed by atoms with Gasteiger partial charge in [0.15, 0.2) is 0 Å². The summed E-state index contributed by atoms with van der Waals surface area (Å²) in [6.45, 7) is 4.31. The summed E-state index contributed by atoms with van der Waals surface area (Å²) in [6.07, 6.45) is 0.488. The van der Waals surface area contributed by atoms with Crippen LogP contribution in [0.3, 0.4) is 0 Å². The number of nitrogens with zero attached hydrogens (tertiary/aromatic N) is 1. The van der Waals surface area contributed by atoms with E-state index in [-0.39, 0.29) is 0 Å². The summed E-state index contributed by atoms with van der Waals surface area (Å²) in [7, 11) is 0. The summed E-state index contributed by atoms with van der Waals surface area (Å²) in [5.41, 5.74) is 1.82. The van der Waals surface area contributed by atoms with E-state index in [9.17, 15) is 5.11 Å². The molecule has 0 saturated carbocycles. The van der Waals surface area contributed by atoms with Crippen molar-refractivity contribution in [1.29, 1.82) is 0 Å². The lowest BCUT2D eigenvalue weighted by Crippen LogP contribution is -1.97. The SMILES string of the molecule is CCc1nc(COc2cccc([C@@H](C)O)c2)cs1. The first-order valence-electron chi connectivity index (χ1n) is 6.03. The first-order chi connectivity index (χ1) is 8.69. The fourth-order valence-corrected chi connectivity index (χ4v) is 2.33. The van der Waals surface area contributed by atoms with Crippen LogP contribution in [0.4, 0.5) is 0 Å². The average molecular weight is 263 g/mol. The maximum Gasteiger partial charge on any atom is 0.131 e. The van der Waals surface area contributed by atoms with Gasteiger partial charge in [0.25, 0.3) is 0 Å². The van der Waals surface area contributed by atoms with Gasteiger partial charge in [-0.2, -0.15) is 0 Å². The van der Waals surface area contributed by atoms with Crippen LogP contribution in [-0.2, 0) is 13.0 Å². The van der Waals surface area contributed by atoms with E-state index in [1.165, 1.54) is 0 Å². The molecule has 0 fully saturated rings. The number of aliphatic hydroxyl groups is 1. The number of aromatic nitrogens is 1. The first kappa shape index (κ1) is 13.1. The van der Waals surface area contributed by atoms with Crippen molar-refractivity contribution in [2.24, 2.45) is 0 Å². The Morgan fingerprint density at radius 1 is 1.44 bits per heavy atom. The summed E-state index contributed by atoms with van der Waals surface area (Å²) >= 11 is 1.66. The monoisotopic (exact) mass is 263 g/mol. The van der Waals surface area contributed by atoms with Crippen LogP contribution in [0.2, 0.25) is 0 Å². The van der Waals surface area contributed by atoms with E-state index in [0.29, 0.717) is 6.61 Å². The molecule has 0 bridgehead atoms. The van der Waals surface area contributed by atoms with Gasteiger partial charge < -0.3 is 9.84 Å². The number of hydrogen-bond acceptors (Lipinski definition) is 4. The third kappa shape index (κ3) is 3.31. The zero-order chi connectivity index (χ0) is 13.0. The number of ether oxygens (including phenoxy) is 1. The molecule has 0 unspecified atom stereocenters. The number of hydrogen-bond donors (Lipinski definition) is 1. The van der Waals surface area contributed by atoms with Gasteiger partial charge in [0.2, 0.25) is 0 Å². The minimum absolute atomic E-state index is 0.472. The minimum atomic E-state index is -0.473. The van der Waals surface area contributed by atoms with Gasteiger partial charge in [0.05, 0.1) is 16.8 Å². The number of thiazole rings is 1. The third-order valence-electron chi connectivity index (χ3n) is 2.63. The average Bonchev–Trinajstić information content (AvgIpc) is 2.84. The second kappa shape index (κ2) is 5.98. The molecule has 1 aromatic heterocycles. The van der Waals surface area contributed by atoms with Gasteiger partial charge in [0.1, 0.15) is 12.4 Å². The van der Waals surface area contributed by atoms with Crippen molar-refractivity contribution in [3.05, 3.63) is 45.9 Å². The molecule has 0 aliphatic carbocycles. The first-order valence-corrected chi connectivity index (χ1v) is 6.91. The van der Waals surface area contributed by atoms with Crippen LogP contribution in [0.1, 0.15) is 36.2 Å².